The van der Waals surface area contributed by atoms with Crippen LogP contribution in [0.25, 0.3) is 0 Å². The van der Waals surface area contributed by atoms with E-state index < -0.39 is 28.4 Å². The van der Waals surface area contributed by atoms with Crippen LogP contribution in [0.15, 0.2) is 53.4 Å². The average Bonchev–Trinajstić information content (AvgIpc) is 2.61. The number of sulfonamides is 1. The molecule has 0 heterocycles. The number of hydrogen-bond acceptors (Lipinski definition) is 5. The van der Waals surface area contributed by atoms with Crippen molar-refractivity contribution in [3.8, 4) is 0 Å². The third-order valence-electron chi connectivity index (χ3n) is 3.43. The monoisotopic (exact) mass is 376 g/mol. The lowest BCUT2D eigenvalue weighted by Gasteiger charge is -2.09. The Morgan fingerprint density at radius 2 is 1.62 bits per heavy atom. The second-order valence-electron chi connectivity index (χ2n) is 5.48. The summed E-state index contributed by atoms with van der Waals surface area (Å²) in [6.07, 6.45) is 0. The molecule has 0 saturated heterocycles. The minimum absolute atomic E-state index is 0.0923. The topological polar surface area (TPSA) is 102 Å². The Morgan fingerprint density at radius 3 is 2.19 bits per heavy atom. The van der Waals surface area contributed by atoms with Crippen LogP contribution >= 0.6 is 0 Å². The van der Waals surface area contributed by atoms with E-state index in [0.717, 1.165) is 5.56 Å². The van der Waals surface area contributed by atoms with Gasteiger partial charge in [0, 0.05) is 5.69 Å². The molecule has 2 aromatic rings. The first-order valence-electron chi connectivity index (χ1n) is 7.95. The first-order valence-corrected chi connectivity index (χ1v) is 9.43. The predicted molar refractivity (Wildman–Crippen MR) is 97.4 cm³/mol. The summed E-state index contributed by atoms with van der Waals surface area (Å²) in [5.41, 5.74) is 1.75. The van der Waals surface area contributed by atoms with Crippen molar-refractivity contribution >= 4 is 27.6 Å². The van der Waals surface area contributed by atoms with E-state index in [2.05, 4.69) is 10.0 Å². The van der Waals surface area contributed by atoms with Crippen molar-refractivity contribution in [1.82, 2.24) is 4.72 Å². The van der Waals surface area contributed by atoms with E-state index in [0.29, 0.717) is 11.3 Å². The second kappa shape index (κ2) is 8.59. The van der Waals surface area contributed by atoms with Gasteiger partial charge in [-0.1, -0.05) is 17.7 Å². The van der Waals surface area contributed by atoms with Gasteiger partial charge in [0.25, 0.3) is 0 Å². The van der Waals surface area contributed by atoms with Crippen LogP contribution in [0.2, 0.25) is 0 Å². The molecule has 0 aromatic heterocycles. The molecule has 7 nitrogen and oxygen atoms in total. The van der Waals surface area contributed by atoms with Gasteiger partial charge in [-0.05, 0) is 50.2 Å². The number of aryl methyl sites for hydroxylation is 1. The Balaban J connectivity index is 1.92. The lowest BCUT2D eigenvalue weighted by Crippen LogP contribution is -2.32. The molecular formula is C18H20N2O5S. The third-order valence-corrected chi connectivity index (χ3v) is 4.85. The van der Waals surface area contributed by atoms with Crippen LogP contribution in [-0.4, -0.2) is 33.4 Å². The number of rotatable bonds is 7. The van der Waals surface area contributed by atoms with E-state index >= 15 is 0 Å². The van der Waals surface area contributed by atoms with Gasteiger partial charge in [-0.15, -0.1) is 0 Å². The fourth-order valence-electron chi connectivity index (χ4n) is 2.07. The van der Waals surface area contributed by atoms with E-state index in [1.54, 1.807) is 31.2 Å². The lowest BCUT2D eigenvalue weighted by atomic mass is 10.2. The number of carbonyl (C=O) groups excluding carboxylic acids is 2. The predicted octanol–water partition coefficient (Wildman–Crippen LogP) is 2.09. The first-order chi connectivity index (χ1) is 12.3. The highest BCUT2D eigenvalue weighted by atomic mass is 32.2. The van der Waals surface area contributed by atoms with Crippen molar-refractivity contribution in [3.05, 3.63) is 59.7 Å². The zero-order valence-corrected chi connectivity index (χ0v) is 15.3. The molecule has 0 spiro atoms. The average molecular weight is 376 g/mol. The van der Waals surface area contributed by atoms with Crippen LogP contribution in [0.3, 0.4) is 0 Å². The van der Waals surface area contributed by atoms with E-state index in [1.807, 2.05) is 6.92 Å². The Labute approximate surface area is 152 Å². The number of hydrogen-bond donors (Lipinski definition) is 2. The minimum Gasteiger partial charge on any atom is -0.462 e. The number of anilines is 1. The van der Waals surface area contributed by atoms with Crippen LogP contribution in [0.1, 0.15) is 22.8 Å². The zero-order valence-electron chi connectivity index (χ0n) is 14.5. The molecule has 0 aliphatic rings. The van der Waals surface area contributed by atoms with Crippen LogP contribution in [0.5, 0.6) is 0 Å². The molecule has 2 N–H and O–H groups in total. The van der Waals surface area contributed by atoms with Crippen LogP contribution in [-0.2, 0) is 19.6 Å². The molecule has 26 heavy (non-hydrogen) atoms. The number of benzene rings is 2. The molecule has 2 rings (SSSR count). The number of ether oxygens (including phenoxy) is 1. The zero-order chi connectivity index (χ0) is 19.2. The number of amides is 1. The highest BCUT2D eigenvalue weighted by Crippen LogP contribution is 2.11. The number of nitrogens with one attached hydrogen (secondary N) is 2. The summed E-state index contributed by atoms with van der Waals surface area (Å²) in [4.78, 5) is 23.6. The van der Waals surface area contributed by atoms with Crippen LogP contribution in [0.4, 0.5) is 5.69 Å². The molecule has 1 amide bonds. The van der Waals surface area contributed by atoms with Crippen molar-refractivity contribution in [2.45, 2.75) is 18.7 Å². The smallest absolute Gasteiger partial charge is 0.338 e. The van der Waals surface area contributed by atoms with Crippen molar-refractivity contribution in [3.63, 3.8) is 0 Å². The summed E-state index contributed by atoms with van der Waals surface area (Å²) in [6, 6.07) is 12.4. The third kappa shape index (κ3) is 5.40. The molecule has 0 radical (unpaired) electrons. The molecule has 0 saturated carbocycles. The Kier molecular flexibility index (Phi) is 6.48. The fraction of sp³-hybridized carbons (Fsp3) is 0.222. The molecule has 0 bridgehead atoms. The Hall–Kier alpha value is -2.71. The van der Waals surface area contributed by atoms with E-state index in [-0.39, 0.29) is 11.5 Å². The Morgan fingerprint density at radius 1 is 1.00 bits per heavy atom. The second-order valence-corrected chi connectivity index (χ2v) is 7.25. The largest absolute Gasteiger partial charge is 0.462 e. The summed E-state index contributed by atoms with van der Waals surface area (Å²) in [6.45, 7) is 3.43. The fourth-order valence-corrected chi connectivity index (χ4v) is 3.05. The minimum atomic E-state index is -3.76. The summed E-state index contributed by atoms with van der Waals surface area (Å²) in [7, 11) is -3.76. The van der Waals surface area contributed by atoms with Crippen molar-refractivity contribution < 1.29 is 22.7 Å². The van der Waals surface area contributed by atoms with Gasteiger partial charge in [0.15, 0.2) is 0 Å². The SMILES string of the molecule is CCOC(=O)c1ccc(NC(=O)CNS(=O)(=O)c2ccc(C)cc2)cc1. The van der Waals surface area contributed by atoms with Crippen molar-refractivity contribution in [1.29, 1.82) is 0 Å². The normalized spacial score (nSPS) is 11.0. The quantitative estimate of drug-likeness (QED) is 0.721. The summed E-state index contributed by atoms with van der Waals surface area (Å²) in [5, 5.41) is 2.56. The molecule has 0 aliphatic heterocycles. The standard InChI is InChI=1S/C18H20N2O5S/c1-3-25-18(22)14-6-8-15(9-7-14)20-17(21)12-19-26(23,24)16-10-4-13(2)5-11-16/h4-11,19H,3,12H2,1-2H3,(H,20,21). The van der Waals surface area contributed by atoms with Crippen molar-refractivity contribution in [2.24, 2.45) is 0 Å². The van der Waals surface area contributed by atoms with Crippen LogP contribution in [0, 0.1) is 6.92 Å². The van der Waals surface area contributed by atoms with Gasteiger partial charge in [-0.25, -0.2) is 17.9 Å². The van der Waals surface area contributed by atoms with E-state index in [9.17, 15) is 18.0 Å². The number of carbonyl (C=O) groups is 2. The maximum atomic E-state index is 12.1. The van der Waals surface area contributed by atoms with Gasteiger partial charge in [0.05, 0.1) is 23.6 Å². The van der Waals surface area contributed by atoms with Crippen LogP contribution < -0.4 is 10.0 Å². The molecule has 8 heteroatoms. The maximum Gasteiger partial charge on any atom is 0.338 e. The van der Waals surface area contributed by atoms with Gasteiger partial charge < -0.3 is 10.1 Å². The van der Waals surface area contributed by atoms with E-state index in [4.69, 9.17) is 4.74 Å². The van der Waals surface area contributed by atoms with Gasteiger partial charge in [-0.3, -0.25) is 4.79 Å². The van der Waals surface area contributed by atoms with Gasteiger partial charge in [0.2, 0.25) is 15.9 Å². The molecule has 2 aromatic carbocycles. The molecular weight excluding hydrogens is 356 g/mol. The summed E-state index contributed by atoms with van der Waals surface area (Å²) in [5.74, 6) is -0.971. The van der Waals surface area contributed by atoms with Gasteiger partial charge in [-0.2, -0.15) is 0 Å². The maximum absolute atomic E-state index is 12.1. The van der Waals surface area contributed by atoms with E-state index in [1.165, 1.54) is 24.3 Å². The van der Waals surface area contributed by atoms with Crippen molar-refractivity contribution in [2.75, 3.05) is 18.5 Å². The molecule has 0 unspecified atom stereocenters. The summed E-state index contributed by atoms with van der Waals surface area (Å²) < 4.78 is 31.4. The molecule has 0 aliphatic carbocycles. The van der Waals surface area contributed by atoms with Gasteiger partial charge in [0.1, 0.15) is 0 Å². The Bertz CT molecular complexity index is 875. The number of esters is 1. The molecule has 0 fully saturated rings. The molecule has 138 valence electrons. The van der Waals surface area contributed by atoms with Gasteiger partial charge >= 0.3 is 5.97 Å². The highest BCUT2D eigenvalue weighted by Gasteiger charge is 2.15. The highest BCUT2D eigenvalue weighted by molar-refractivity contribution is 7.89. The molecule has 0 atom stereocenters. The summed E-state index contributed by atoms with van der Waals surface area (Å²) >= 11 is 0. The lowest BCUT2D eigenvalue weighted by molar-refractivity contribution is -0.115. The first kappa shape index (κ1) is 19.6.